The first-order chi connectivity index (χ1) is 11.6. The van der Waals surface area contributed by atoms with Crippen LogP contribution in [0.4, 0.5) is 5.69 Å². The second kappa shape index (κ2) is 6.76. The van der Waals surface area contributed by atoms with E-state index in [4.69, 9.17) is 10.5 Å². The fraction of sp³-hybridized carbons (Fsp3) is 0.211. The predicted molar refractivity (Wildman–Crippen MR) is 94.1 cm³/mol. The lowest BCUT2D eigenvalue weighted by Gasteiger charge is -2.05. The lowest BCUT2D eigenvalue weighted by atomic mass is 10.1. The molecule has 24 heavy (non-hydrogen) atoms. The summed E-state index contributed by atoms with van der Waals surface area (Å²) in [5.74, 6) is 0.665. The quantitative estimate of drug-likeness (QED) is 0.738. The van der Waals surface area contributed by atoms with Crippen LogP contribution in [-0.4, -0.2) is 24.2 Å². The zero-order chi connectivity index (χ0) is 17.1. The number of hydrogen-bond acceptors (Lipinski definition) is 4. The Bertz CT molecular complexity index is 769. The summed E-state index contributed by atoms with van der Waals surface area (Å²) in [5, 5.41) is 12.4. The maximum atomic E-state index is 12.0. The lowest BCUT2D eigenvalue weighted by Crippen LogP contribution is -2.07. The van der Waals surface area contributed by atoms with Crippen molar-refractivity contribution in [3.63, 3.8) is 0 Å². The van der Waals surface area contributed by atoms with Gasteiger partial charge in [-0.05, 0) is 47.9 Å². The van der Waals surface area contributed by atoms with Gasteiger partial charge in [-0.1, -0.05) is 18.2 Å². The molecule has 0 radical (unpaired) electrons. The molecule has 5 heteroatoms. The van der Waals surface area contributed by atoms with E-state index in [0.717, 1.165) is 17.7 Å². The number of ether oxygens (including phenoxy) is 1. The molecular weight excluding hydrogens is 304 g/mol. The predicted octanol–water partition coefficient (Wildman–Crippen LogP) is 2.87. The molecule has 2 unspecified atom stereocenters. The number of nitrogens with two attached hydrogens (primary N) is 1. The highest BCUT2D eigenvalue weighted by Gasteiger charge is 2.34. The average molecular weight is 324 g/mol. The number of carbonyl (C=O) groups is 1. The Morgan fingerprint density at radius 3 is 2.62 bits per heavy atom. The molecule has 1 aliphatic rings. The summed E-state index contributed by atoms with van der Waals surface area (Å²) in [6.07, 6.45) is 4.13. The number of rotatable bonds is 5. The Kier molecular flexibility index (Phi) is 4.53. The van der Waals surface area contributed by atoms with E-state index in [0.29, 0.717) is 11.7 Å². The molecule has 2 aromatic rings. The maximum Gasteiger partial charge on any atom is 0.248 e. The third-order valence-corrected chi connectivity index (χ3v) is 4.08. The normalized spacial score (nSPS) is 19.2. The Morgan fingerprint density at radius 2 is 2.00 bits per heavy atom. The van der Waals surface area contributed by atoms with Crippen LogP contribution in [-0.2, 0) is 4.79 Å². The van der Waals surface area contributed by atoms with Crippen molar-refractivity contribution in [3.05, 3.63) is 59.7 Å². The molecule has 1 aliphatic carbocycles. The molecule has 0 bridgehead atoms. The minimum atomic E-state index is -0.224. The van der Waals surface area contributed by atoms with Gasteiger partial charge in [0.05, 0.1) is 7.11 Å². The fourth-order valence-electron chi connectivity index (χ4n) is 2.57. The molecule has 2 aromatic carbocycles. The lowest BCUT2D eigenvalue weighted by molar-refractivity contribution is -0.111. The summed E-state index contributed by atoms with van der Waals surface area (Å²) in [4.78, 5) is 12.0. The topological polar surface area (TPSA) is 84.6 Å². The summed E-state index contributed by atoms with van der Waals surface area (Å²) >= 11 is 0. The van der Waals surface area contributed by atoms with E-state index in [-0.39, 0.29) is 17.7 Å². The molecule has 0 spiro atoms. The Labute approximate surface area is 140 Å². The largest absolute Gasteiger partial charge is 0.504 e. The molecule has 1 fully saturated rings. The van der Waals surface area contributed by atoms with E-state index in [9.17, 15) is 9.90 Å². The van der Waals surface area contributed by atoms with Gasteiger partial charge < -0.3 is 20.9 Å². The molecule has 0 heterocycles. The third kappa shape index (κ3) is 3.75. The van der Waals surface area contributed by atoms with Gasteiger partial charge in [-0.2, -0.15) is 0 Å². The van der Waals surface area contributed by atoms with Crippen LogP contribution in [0.3, 0.4) is 0 Å². The van der Waals surface area contributed by atoms with Gasteiger partial charge in [0, 0.05) is 23.7 Å². The second-order valence-corrected chi connectivity index (χ2v) is 5.88. The van der Waals surface area contributed by atoms with E-state index in [1.165, 1.54) is 24.8 Å². The van der Waals surface area contributed by atoms with Crippen LogP contribution < -0.4 is 15.8 Å². The van der Waals surface area contributed by atoms with Crippen molar-refractivity contribution >= 4 is 17.7 Å². The SMILES string of the molecule is COc1cc(/C=C/C(=O)Nc2ccc(C3CC3N)cc2)ccc1O. The van der Waals surface area contributed by atoms with Gasteiger partial charge in [0.25, 0.3) is 0 Å². The summed E-state index contributed by atoms with van der Waals surface area (Å²) in [6, 6.07) is 12.9. The number of carbonyl (C=O) groups excluding carboxylic acids is 1. The molecule has 0 aromatic heterocycles. The molecule has 3 rings (SSSR count). The van der Waals surface area contributed by atoms with Crippen LogP contribution in [0.15, 0.2) is 48.5 Å². The molecule has 5 nitrogen and oxygen atoms in total. The standard InChI is InChI=1S/C19H20N2O3/c1-24-18-10-12(2-8-17(18)22)3-9-19(23)21-14-6-4-13(5-7-14)15-11-16(15)20/h2-10,15-16,22H,11,20H2,1H3,(H,21,23)/b9-3+. The first-order valence-corrected chi connectivity index (χ1v) is 7.78. The molecule has 0 aliphatic heterocycles. The minimum Gasteiger partial charge on any atom is -0.504 e. The van der Waals surface area contributed by atoms with Gasteiger partial charge >= 0.3 is 0 Å². The highest BCUT2D eigenvalue weighted by Crippen LogP contribution is 2.39. The molecule has 4 N–H and O–H groups in total. The maximum absolute atomic E-state index is 12.0. The summed E-state index contributed by atoms with van der Waals surface area (Å²) in [6.45, 7) is 0. The number of nitrogens with one attached hydrogen (secondary N) is 1. The van der Waals surface area contributed by atoms with Crippen molar-refractivity contribution in [1.82, 2.24) is 0 Å². The van der Waals surface area contributed by atoms with Gasteiger partial charge in [-0.3, -0.25) is 4.79 Å². The number of anilines is 1. The van der Waals surface area contributed by atoms with Gasteiger partial charge in [-0.15, -0.1) is 0 Å². The number of phenolic OH excluding ortho intramolecular Hbond substituents is 1. The van der Waals surface area contributed by atoms with Crippen LogP contribution in [0.2, 0.25) is 0 Å². The summed E-state index contributed by atoms with van der Waals surface area (Å²) in [5.41, 5.74) is 8.56. The van der Waals surface area contributed by atoms with Crippen molar-refractivity contribution in [2.24, 2.45) is 5.73 Å². The van der Waals surface area contributed by atoms with Crippen LogP contribution in [0.25, 0.3) is 6.08 Å². The molecule has 1 amide bonds. The van der Waals surface area contributed by atoms with Crippen molar-refractivity contribution in [2.75, 3.05) is 12.4 Å². The Balaban J connectivity index is 1.60. The molecule has 2 atom stereocenters. The minimum absolute atomic E-state index is 0.0644. The van der Waals surface area contributed by atoms with Crippen LogP contribution in [0, 0.1) is 0 Å². The number of phenols is 1. The summed E-state index contributed by atoms with van der Waals surface area (Å²) in [7, 11) is 1.48. The number of benzene rings is 2. The molecule has 124 valence electrons. The van der Waals surface area contributed by atoms with E-state index < -0.39 is 0 Å². The summed E-state index contributed by atoms with van der Waals surface area (Å²) < 4.78 is 5.04. The Morgan fingerprint density at radius 1 is 1.29 bits per heavy atom. The molecule has 0 saturated heterocycles. The average Bonchev–Trinajstić information content (AvgIpc) is 3.31. The van der Waals surface area contributed by atoms with Crippen LogP contribution in [0.1, 0.15) is 23.5 Å². The highest BCUT2D eigenvalue weighted by atomic mass is 16.5. The van der Waals surface area contributed by atoms with Crippen molar-refractivity contribution in [2.45, 2.75) is 18.4 Å². The first kappa shape index (κ1) is 16.1. The molecule has 1 saturated carbocycles. The van der Waals surface area contributed by atoms with Crippen LogP contribution >= 0.6 is 0 Å². The number of amides is 1. The van der Waals surface area contributed by atoms with Crippen molar-refractivity contribution in [1.29, 1.82) is 0 Å². The zero-order valence-electron chi connectivity index (χ0n) is 13.4. The number of hydrogen-bond donors (Lipinski definition) is 3. The monoisotopic (exact) mass is 324 g/mol. The van der Waals surface area contributed by atoms with Gasteiger partial charge in [0.15, 0.2) is 11.5 Å². The fourth-order valence-corrected chi connectivity index (χ4v) is 2.57. The van der Waals surface area contributed by atoms with Crippen molar-refractivity contribution < 1.29 is 14.6 Å². The number of aromatic hydroxyl groups is 1. The molecular formula is C19H20N2O3. The van der Waals surface area contributed by atoms with Crippen LogP contribution in [0.5, 0.6) is 11.5 Å². The van der Waals surface area contributed by atoms with Crippen molar-refractivity contribution in [3.8, 4) is 11.5 Å². The Hall–Kier alpha value is -2.79. The van der Waals surface area contributed by atoms with E-state index >= 15 is 0 Å². The third-order valence-electron chi connectivity index (χ3n) is 4.08. The zero-order valence-corrected chi connectivity index (χ0v) is 13.4. The number of methoxy groups -OCH3 is 1. The van der Waals surface area contributed by atoms with Gasteiger partial charge in [0.2, 0.25) is 5.91 Å². The van der Waals surface area contributed by atoms with E-state index in [1.54, 1.807) is 18.2 Å². The van der Waals surface area contributed by atoms with Gasteiger partial charge in [0.1, 0.15) is 0 Å². The highest BCUT2D eigenvalue weighted by molar-refractivity contribution is 6.01. The first-order valence-electron chi connectivity index (χ1n) is 7.78. The smallest absolute Gasteiger partial charge is 0.248 e. The second-order valence-electron chi connectivity index (χ2n) is 5.88. The van der Waals surface area contributed by atoms with E-state index in [2.05, 4.69) is 5.32 Å². The van der Waals surface area contributed by atoms with E-state index in [1.807, 2.05) is 24.3 Å². The van der Waals surface area contributed by atoms with Gasteiger partial charge in [-0.25, -0.2) is 0 Å².